The topological polar surface area (TPSA) is 21.1 Å². The van der Waals surface area contributed by atoms with Crippen LogP contribution in [0.4, 0.5) is 0 Å². The molecule has 1 fully saturated rings. The molecule has 1 aromatic carbocycles. The lowest BCUT2D eigenvalue weighted by Crippen LogP contribution is -2.26. The van der Waals surface area contributed by atoms with Gasteiger partial charge in [0.05, 0.1) is 17.6 Å². The van der Waals surface area contributed by atoms with E-state index in [0.29, 0.717) is 0 Å². The van der Waals surface area contributed by atoms with Crippen LogP contribution in [-0.4, -0.2) is 27.5 Å². The van der Waals surface area contributed by atoms with Crippen LogP contribution in [0.3, 0.4) is 0 Å². The van der Waals surface area contributed by atoms with Gasteiger partial charge in [-0.25, -0.2) is 4.98 Å². The van der Waals surface area contributed by atoms with E-state index in [0.717, 1.165) is 24.5 Å². The second-order valence-electron chi connectivity index (χ2n) is 7.04. The summed E-state index contributed by atoms with van der Waals surface area (Å²) in [4.78, 5) is 7.53. The lowest BCUT2D eigenvalue weighted by Gasteiger charge is -2.20. The summed E-state index contributed by atoms with van der Waals surface area (Å²) in [6, 6.07) is 8.59. The molecule has 0 radical (unpaired) electrons. The van der Waals surface area contributed by atoms with Crippen LogP contribution in [0.1, 0.15) is 51.8 Å². The molecule has 0 atom stereocenters. The number of likely N-dealkylation sites (tertiary alicyclic amines) is 1. The number of hydrogen-bond donors (Lipinski definition) is 0. The lowest BCUT2D eigenvalue weighted by molar-refractivity contribution is 0.265. The molecule has 2 aromatic rings. The number of nitrogens with zero attached hydrogens (tertiary/aromatic N) is 3. The zero-order valence-electron chi connectivity index (χ0n) is 14.1. The van der Waals surface area contributed by atoms with Crippen LogP contribution in [0.25, 0.3) is 11.0 Å². The standard InChI is InChI=1S/C19H29N3/c1-16(2)11-14-22-18-10-6-5-9-17(18)20-19(22)15-21-12-7-3-4-8-13-21/h5-6,9-10,16H,3-4,7-8,11-15H2,1-2H3. The summed E-state index contributed by atoms with van der Waals surface area (Å²) >= 11 is 0. The van der Waals surface area contributed by atoms with Crippen LogP contribution >= 0.6 is 0 Å². The molecule has 22 heavy (non-hydrogen) atoms. The Morgan fingerprint density at radius 2 is 1.77 bits per heavy atom. The van der Waals surface area contributed by atoms with Gasteiger partial charge in [0.15, 0.2) is 0 Å². The molecule has 1 aliphatic rings. The van der Waals surface area contributed by atoms with Crippen molar-refractivity contribution in [1.82, 2.24) is 14.5 Å². The Hall–Kier alpha value is -1.35. The maximum atomic E-state index is 4.94. The molecule has 120 valence electrons. The molecule has 0 aliphatic carbocycles. The fourth-order valence-corrected chi connectivity index (χ4v) is 3.38. The second-order valence-corrected chi connectivity index (χ2v) is 7.04. The number of hydrogen-bond acceptors (Lipinski definition) is 2. The third-order valence-electron chi connectivity index (χ3n) is 4.73. The Labute approximate surface area is 134 Å². The van der Waals surface area contributed by atoms with Crippen LogP contribution in [0.15, 0.2) is 24.3 Å². The van der Waals surface area contributed by atoms with Gasteiger partial charge in [-0.15, -0.1) is 0 Å². The molecule has 0 amide bonds. The van der Waals surface area contributed by atoms with Gasteiger partial charge in [-0.3, -0.25) is 4.90 Å². The minimum Gasteiger partial charge on any atom is -0.327 e. The van der Waals surface area contributed by atoms with Crippen molar-refractivity contribution in [3.05, 3.63) is 30.1 Å². The van der Waals surface area contributed by atoms with E-state index in [1.54, 1.807) is 0 Å². The summed E-state index contributed by atoms with van der Waals surface area (Å²) in [5, 5.41) is 0. The van der Waals surface area contributed by atoms with Crippen molar-refractivity contribution in [2.24, 2.45) is 5.92 Å². The first-order chi connectivity index (χ1) is 10.7. The number of para-hydroxylation sites is 2. The lowest BCUT2D eigenvalue weighted by atomic mass is 10.1. The Morgan fingerprint density at radius 3 is 2.50 bits per heavy atom. The summed E-state index contributed by atoms with van der Waals surface area (Å²) in [6.45, 7) is 9.15. The summed E-state index contributed by atoms with van der Waals surface area (Å²) < 4.78 is 2.46. The number of imidazole rings is 1. The molecule has 1 saturated heterocycles. The van der Waals surface area contributed by atoms with E-state index in [-0.39, 0.29) is 0 Å². The first-order valence-corrected chi connectivity index (χ1v) is 8.90. The molecular formula is C19H29N3. The van der Waals surface area contributed by atoms with Crippen molar-refractivity contribution in [3.63, 3.8) is 0 Å². The van der Waals surface area contributed by atoms with E-state index in [1.807, 2.05) is 0 Å². The van der Waals surface area contributed by atoms with E-state index >= 15 is 0 Å². The zero-order valence-corrected chi connectivity index (χ0v) is 14.1. The van der Waals surface area contributed by atoms with Gasteiger partial charge in [0.25, 0.3) is 0 Å². The van der Waals surface area contributed by atoms with Crippen molar-refractivity contribution >= 4 is 11.0 Å². The predicted molar refractivity (Wildman–Crippen MR) is 92.9 cm³/mol. The summed E-state index contributed by atoms with van der Waals surface area (Å²) in [5.41, 5.74) is 2.45. The highest BCUT2D eigenvalue weighted by Gasteiger charge is 2.15. The fraction of sp³-hybridized carbons (Fsp3) is 0.632. The van der Waals surface area contributed by atoms with Gasteiger partial charge in [0.1, 0.15) is 5.82 Å². The minimum absolute atomic E-state index is 0.729. The van der Waals surface area contributed by atoms with Gasteiger partial charge < -0.3 is 4.57 Å². The van der Waals surface area contributed by atoms with Gasteiger partial charge in [-0.1, -0.05) is 38.8 Å². The molecule has 2 heterocycles. The van der Waals surface area contributed by atoms with Crippen LogP contribution in [-0.2, 0) is 13.1 Å². The quantitative estimate of drug-likeness (QED) is 0.813. The molecule has 1 aliphatic heterocycles. The summed E-state index contributed by atoms with van der Waals surface area (Å²) in [5.74, 6) is 1.98. The highest BCUT2D eigenvalue weighted by Crippen LogP contribution is 2.20. The largest absolute Gasteiger partial charge is 0.327 e. The SMILES string of the molecule is CC(C)CCn1c(CN2CCCCCC2)nc2ccccc21. The van der Waals surface area contributed by atoms with Crippen LogP contribution in [0.2, 0.25) is 0 Å². The van der Waals surface area contributed by atoms with Gasteiger partial charge in [0, 0.05) is 6.54 Å². The Morgan fingerprint density at radius 1 is 1.05 bits per heavy atom. The minimum atomic E-state index is 0.729. The van der Waals surface area contributed by atoms with E-state index in [9.17, 15) is 0 Å². The van der Waals surface area contributed by atoms with Gasteiger partial charge >= 0.3 is 0 Å². The average molecular weight is 299 g/mol. The van der Waals surface area contributed by atoms with Crippen molar-refractivity contribution in [2.75, 3.05) is 13.1 Å². The molecule has 1 aromatic heterocycles. The Kier molecular flexibility index (Phi) is 5.14. The fourth-order valence-electron chi connectivity index (χ4n) is 3.38. The number of aromatic nitrogens is 2. The molecule has 0 N–H and O–H groups in total. The first-order valence-electron chi connectivity index (χ1n) is 8.90. The predicted octanol–water partition coefficient (Wildman–Crippen LogP) is 4.46. The average Bonchev–Trinajstić information content (AvgIpc) is 2.67. The molecule has 0 spiro atoms. The van der Waals surface area contributed by atoms with Crippen molar-refractivity contribution in [1.29, 1.82) is 0 Å². The monoisotopic (exact) mass is 299 g/mol. The molecule has 3 nitrogen and oxygen atoms in total. The molecule has 3 heteroatoms. The molecule has 0 saturated carbocycles. The first kappa shape index (κ1) is 15.5. The van der Waals surface area contributed by atoms with Crippen molar-refractivity contribution in [2.45, 2.75) is 59.0 Å². The van der Waals surface area contributed by atoms with Crippen molar-refractivity contribution < 1.29 is 0 Å². The highest BCUT2D eigenvalue weighted by atomic mass is 15.2. The van der Waals surface area contributed by atoms with Crippen LogP contribution in [0, 0.1) is 5.92 Å². The number of aryl methyl sites for hydroxylation is 1. The maximum absolute atomic E-state index is 4.94. The van der Waals surface area contributed by atoms with E-state index in [1.165, 1.54) is 56.5 Å². The summed E-state index contributed by atoms with van der Waals surface area (Å²) in [6.07, 6.45) is 6.67. The molecule has 3 rings (SSSR count). The normalized spacial score (nSPS) is 17.2. The van der Waals surface area contributed by atoms with Crippen molar-refractivity contribution in [3.8, 4) is 0 Å². The second kappa shape index (κ2) is 7.28. The van der Waals surface area contributed by atoms with Gasteiger partial charge in [0.2, 0.25) is 0 Å². The molecule has 0 bridgehead atoms. The smallest absolute Gasteiger partial charge is 0.124 e. The maximum Gasteiger partial charge on any atom is 0.124 e. The Balaban J connectivity index is 1.84. The highest BCUT2D eigenvalue weighted by molar-refractivity contribution is 5.75. The van der Waals surface area contributed by atoms with Crippen LogP contribution in [0.5, 0.6) is 0 Å². The van der Waals surface area contributed by atoms with E-state index in [4.69, 9.17) is 4.98 Å². The number of fused-ring (bicyclic) bond motifs is 1. The summed E-state index contributed by atoms with van der Waals surface area (Å²) in [7, 11) is 0. The van der Waals surface area contributed by atoms with Gasteiger partial charge in [-0.2, -0.15) is 0 Å². The van der Waals surface area contributed by atoms with E-state index in [2.05, 4.69) is 47.6 Å². The third kappa shape index (κ3) is 3.70. The zero-order chi connectivity index (χ0) is 15.4. The van der Waals surface area contributed by atoms with E-state index < -0.39 is 0 Å². The van der Waals surface area contributed by atoms with Gasteiger partial charge in [-0.05, 0) is 50.4 Å². The number of rotatable bonds is 5. The molecular weight excluding hydrogens is 270 g/mol. The molecule has 0 unspecified atom stereocenters. The van der Waals surface area contributed by atoms with Crippen LogP contribution < -0.4 is 0 Å². The third-order valence-corrected chi connectivity index (χ3v) is 4.73. The Bertz CT molecular complexity index is 592. The number of benzene rings is 1.